The first-order chi connectivity index (χ1) is 5.11. The van der Waals surface area contributed by atoms with Crippen molar-refractivity contribution in [2.75, 3.05) is 5.73 Å². The zero-order valence-electron chi connectivity index (χ0n) is 6.41. The predicted molar refractivity (Wildman–Crippen MR) is 45.1 cm³/mol. The Hall–Kier alpha value is -1.22. The topological polar surface area (TPSA) is 72.3 Å². The number of rotatable bonds is 1. The summed E-state index contributed by atoms with van der Waals surface area (Å²) in [6, 6.07) is 4.69. The Morgan fingerprint density at radius 3 is 2.55 bits per heavy atom. The number of hydrogen-bond acceptors (Lipinski definition) is 3. The molecule has 0 heterocycles. The van der Waals surface area contributed by atoms with Crippen LogP contribution in [0, 0.1) is 0 Å². The van der Waals surface area contributed by atoms with Gasteiger partial charge in [-0.25, -0.2) is 0 Å². The molecule has 0 radical (unpaired) electrons. The molecule has 0 aliphatic rings. The van der Waals surface area contributed by atoms with E-state index in [0.717, 1.165) is 0 Å². The Balaban J connectivity index is 3.13. The first kappa shape index (κ1) is 7.88. The maximum absolute atomic E-state index is 9.27. The molecule has 1 atom stereocenters. The fourth-order valence-corrected chi connectivity index (χ4v) is 0.938. The molecule has 3 heteroatoms. The molecule has 1 aromatic carbocycles. The standard InChI is InChI=1S/C8H12N2O/c1-5(9)7-4-6(10)2-3-8(7)11/h2-5,11H,9-10H2,1H3. The summed E-state index contributed by atoms with van der Waals surface area (Å²) in [4.78, 5) is 0. The quantitative estimate of drug-likeness (QED) is 0.415. The zero-order valence-corrected chi connectivity index (χ0v) is 6.41. The Labute approximate surface area is 65.6 Å². The van der Waals surface area contributed by atoms with E-state index in [4.69, 9.17) is 11.5 Å². The van der Waals surface area contributed by atoms with Gasteiger partial charge in [-0.3, -0.25) is 0 Å². The van der Waals surface area contributed by atoms with Crippen molar-refractivity contribution in [1.29, 1.82) is 0 Å². The van der Waals surface area contributed by atoms with Crippen LogP contribution in [0.1, 0.15) is 18.5 Å². The van der Waals surface area contributed by atoms with Crippen LogP contribution in [-0.2, 0) is 0 Å². The largest absolute Gasteiger partial charge is 0.508 e. The average Bonchev–Trinajstić information content (AvgIpc) is 1.94. The van der Waals surface area contributed by atoms with E-state index in [2.05, 4.69) is 0 Å². The highest BCUT2D eigenvalue weighted by Crippen LogP contribution is 2.24. The van der Waals surface area contributed by atoms with Gasteiger partial charge in [0.05, 0.1) is 0 Å². The molecule has 60 valence electrons. The Morgan fingerprint density at radius 1 is 1.45 bits per heavy atom. The molecule has 0 fully saturated rings. The van der Waals surface area contributed by atoms with Crippen LogP contribution in [-0.4, -0.2) is 5.11 Å². The molecule has 0 saturated carbocycles. The summed E-state index contributed by atoms with van der Waals surface area (Å²) in [7, 11) is 0. The number of anilines is 1. The van der Waals surface area contributed by atoms with Crippen molar-refractivity contribution in [2.24, 2.45) is 5.73 Å². The number of nitrogen functional groups attached to an aromatic ring is 1. The maximum atomic E-state index is 9.27. The number of phenols is 1. The minimum Gasteiger partial charge on any atom is -0.508 e. The second kappa shape index (κ2) is 2.80. The SMILES string of the molecule is CC(N)c1cc(N)ccc1O. The van der Waals surface area contributed by atoms with Gasteiger partial charge in [0, 0.05) is 17.3 Å². The maximum Gasteiger partial charge on any atom is 0.120 e. The minimum atomic E-state index is -0.182. The Morgan fingerprint density at radius 2 is 2.09 bits per heavy atom. The molecule has 5 N–H and O–H groups in total. The lowest BCUT2D eigenvalue weighted by Gasteiger charge is -2.08. The second-order valence-corrected chi connectivity index (χ2v) is 2.61. The van der Waals surface area contributed by atoms with E-state index in [9.17, 15) is 5.11 Å². The summed E-state index contributed by atoms with van der Waals surface area (Å²) >= 11 is 0. The van der Waals surface area contributed by atoms with E-state index < -0.39 is 0 Å². The molecule has 0 aliphatic heterocycles. The fraction of sp³-hybridized carbons (Fsp3) is 0.250. The van der Waals surface area contributed by atoms with Crippen LogP contribution >= 0.6 is 0 Å². The molecule has 3 nitrogen and oxygen atoms in total. The molecular weight excluding hydrogens is 140 g/mol. The van der Waals surface area contributed by atoms with Crippen molar-refractivity contribution >= 4 is 5.69 Å². The fourth-order valence-electron chi connectivity index (χ4n) is 0.938. The number of nitrogens with two attached hydrogens (primary N) is 2. The van der Waals surface area contributed by atoms with E-state index in [1.807, 2.05) is 0 Å². The molecular formula is C8H12N2O. The number of hydrogen-bond donors (Lipinski definition) is 3. The van der Waals surface area contributed by atoms with Gasteiger partial charge in [0.15, 0.2) is 0 Å². The predicted octanol–water partition coefficient (Wildman–Crippen LogP) is 0.994. The molecule has 0 bridgehead atoms. The second-order valence-electron chi connectivity index (χ2n) is 2.61. The van der Waals surface area contributed by atoms with Crippen molar-refractivity contribution in [1.82, 2.24) is 0 Å². The molecule has 1 aromatic rings. The van der Waals surface area contributed by atoms with Crippen LogP contribution in [0.4, 0.5) is 5.69 Å². The molecule has 0 aliphatic carbocycles. The van der Waals surface area contributed by atoms with Gasteiger partial charge in [0.25, 0.3) is 0 Å². The average molecular weight is 152 g/mol. The van der Waals surface area contributed by atoms with E-state index >= 15 is 0 Å². The van der Waals surface area contributed by atoms with E-state index in [1.54, 1.807) is 25.1 Å². The number of benzene rings is 1. The zero-order chi connectivity index (χ0) is 8.43. The monoisotopic (exact) mass is 152 g/mol. The van der Waals surface area contributed by atoms with Crippen LogP contribution in [0.2, 0.25) is 0 Å². The van der Waals surface area contributed by atoms with E-state index in [-0.39, 0.29) is 11.8 Å². The van der Waals surface area contributed by atoms with Gasteiger partial charge in [-0.1, -0.05) is 0 Å². The van der Waals surface area contributed by atoms with Gasteiger partial charge in [-0.05, 0) is 25.1 Å². The summed E-state index contributed by atoms with van der Waals surface area (Å²) in [6.45, 7) is 1.80. The van der Waals surface area contributed by atoms with Crippen LogP contribution in [0.15, 0.2) is 18.2 Å². The van der Waals surface area contributed by atoms with Crippen LogP contribution in [0.3, 0.4) is 0 Å². The molecule has 0 aromatic heterocycles. The molecule has 11 heavy (non-hydrogen) atoms. The summed E-state index contributed by atoms with van der Waals surface area (Å²) in [6.07, 6.45) is 0. The normalized spacial score (nSPS) is 12.9. The lowest BCUT2D eigenvalue weighted by atomic mass is 10.1. The first-order valence-electron chi connectivity index (χ1n) is 3.45. The third-order valence-electron chi connectivity index (χ3n) is 1.54. The highest BCUT2D eigenvalue weighted by atomic mass is 16.3. The van der Waals surface area contributed by atoms with Crippen molar-refractivity contribution in [2.45, 2.75) is 13.0 Å². The van der Waals surface area contributed by atoms with Crippen LogP contribution in [0.5, 0.6) is 5.75 Å². The van der Waals surface area contributed by atoms with Crippen molar-refractivity contribution in [3.63, 3.8) is 0 Å². The van der Waals surface area contributed by atoms with Crippen LogP contribution < -0.4 is 11.5 Å². The highest BCUT2D eigenvalue weighted by molar-refractivity contribution is 5.48. The lowest BCUT2D eigenvalue weighted by Crippen LogP contribution is -2.05. The Bertz CT molecular complexity index is 258. The van der Waals surface area contributed by atoms with Crippen molar-refractivity contribution in [3.8, 4) is 5.75 Å². The summed E-state index contributed by atoms with van der Waals surface area (Å²) < 4.78 is 0. The van der Waals surface area contributed by atoms with Gasteiger partial charge >= 0.3 is 0 Å². The van der Waals surface area contributed by atoms with Crippen molar-refractivity contribution < 1.29 is 5.11 Å². The third kappa shape index (κ3) is 1.62. The van der Waals surface area contributed by atoms with Gasteiger partial charge < -0.3 is 16.6 Å². The number of phenolic OH excluding ortho intramolecular Hbond substituents is 1. The van der Waals surface area contributed by atoms with Gasteiger partial charge in [0.2, 0.25) is 0 Å². The van der Waals surface area contributed by atoms with Gasteiger partial charge in [-0.2, -0.15) is 0 Å². The first-order valence-corrected chi connectivity index (χ1v) is 3.45. The molecule has 1 rings (SSSR count). The number of aromatic hydroxyl groups is 1. The smallest absolute Gasteiger partial charge is 0.120 e. The van der Waals surface area contributed by atoms with Crippen LogP contribution in [0.25, 0.3) is 0 Å². The summed E-state index contributed by atoms with van der Waals surface area (Å²) in [5.74, 6) is 0.203. The summed E-state index contributed by atoms with van der Waals surface area (Å²) in [5.41, 5.74) is 12.4. The van der Waals surface area contributed by atoms with E-state index in [0.29, 0.717) is 11.3 Å². The summed E-state index contributed by atoms with van der Waals surface area (Å²) in [5, 5.41) is 9.27. The van der Waals surface area contributed by atoms with E-state index in [1.165, 1.54) is 0 Å². The third-order valence-corrected chi connectivity index (χ3v) is 1.54. The van der Waals surface area contributed by atoms with Gasteiger partial charge in [0.1, 0.15) is 5.75 Å². The van der Waals surface area contributed by atoms with Gasteiger partial charge in [-0.15, -0.1) is 0 Å². The molecule has 0 spiro atoms. The molecule has 1 unspecified atom stereocenters. The highest BCUT2D eigenvalue weighted by Gasteiger charge is 2.04. The Kier molecular flexibility index (Phi) is 2.01. The van der Waals surface area contributed by atoms with Crippen molar-refractivity contribution in [3.05, 3.63) is 23.8 Å². The minimum absolute atomic E-state index is 0.182. The lowest BCUT2D eigenvalue weighted by molar-refractivity contribution is 0.464. The molecule has 0 saturated heterocycles. The molecule has 0 amide bonds.